The van der Waals surface area contributed by atoms with Crippen molar-refractivity contribution in [2.24, 2.45) is 10.3 Å². The number of amides is 1. The van der Waals surface area contributed by atoms with E-state index in [4.69, 9.17) is 23.7 Å². The van der Waals surface area contributed by atoms with Gasteiger partial charge in [0.05, 0.1) is 17.2 Å². The van der Waals surface area contributed by atoms with Gasteiger partial charge in [0.2, 0.25) is 5.91 Å². The number of nitro groups is 1. The van der Waals surface area contributed by atoms with Gasteiger partial charge in [-0.05, 0) is 39.8 Å². The standard InChI is InChI=1S/C20H26N4O8/c1-11(25)23(22-21-12-6-8-13(9-7-12)24(26)27)10-14-15-16(30-19(2,3)29-15)17-18(28-14)32-20(4,5)31-17/h6-9,14-18H,10H2,1-5H3/t14-,15+,16+,17-,18-/m1/s1. The van der Waals surface area contributed by atoms with Gasteiger partial charge in [-0.15, -0.1) is 5.11 Å². The Morgan fingerprint density at radius 1 is 1.03 bits per heavy atom. The highest BCUT2D eigenvalue weighted by atomic mass is 16.9. The molecule has 1 aromatic rings. The minimum atomic E-state index is -0.858. The van der Waals surface area contributed by atoms with Crippen LogP contribution in [0.15, 0.2) is 34.6 Å². The van der Waals surface area contributed by atoms with Crippen molar-refractivity contribution in [2.45, 2.75) is 76.9 Å². The highest BCUT2D eigenvalue weighted by Gasteiger charge is 2.60. The lowest BCUT2D eigenvalue weighted by atomic mass is 9.99. The molecule has 3 heterocycles. The fourth-order valence-corrected chi connectivity index (χ4v) is 3.99. The third-order valence-corrected chi connectivity index (χ3v) is 5.30. The number of non-ortho nitro benzene ring substituents is 1. The molecular formula is C20H26N4O8. The van der Waals surface area contributed by atoms with Crippen LogP contribution in [0.25, 0.3) is 0 Å². The molecule has 12 nitrogen and oxygen atoms in total. The topological polar surface area (TPSA) is 134 Å². The van der Waals surface area contributed by atoms with E-state index in [2.05, 4.69) is 10.3 Å². The Bertz CT molecular complexity index is 919. The normalized spacial score (nSPS) is 32.5. The van der Waals surface area contributed by atoms with Gasteiger partial charge in [-0.1, -0.05) is 5.22 Å². The summed E-state index contributed by atoms with van der Waals surface area (Å²) in [5, 5.41) is 20.0. The monoisotopic (exact) mass is 450 g/mol. The molecule has 0 aromatic heterocycles. The molecule has 0 saturated carbocycles. The summed E-state index contributed by atoms with van der Waals surface area (Å²) in [6.45, 7) is 8.58. The third-order valence-electron chi connectivity index (χ3n) is 5.30. The van der Waals surface area contributed by atoms with Crippen molar-refractivity contribution in [1.29, 1.82) is 0 Å². The number of carbonyl (C=O) groups is 1. The SMILES string of the molecule is CC(=O)N(C[C@H]1O[C@@H]2OC(C)(C)O[C@@H]2[C@H]2OC(C)(C)O[C@H]21)N=Nc1ccc([N+](=O)[O-])cc1. The average molecular weight is 450 g/mol. The zero-order valence-electron chi connectivity index (χ0n) is 18.5. The molecule has 4 rings (SSSR count). The Morgan fingerprint density at radius 2 is 1.62 bits per heavy atom. The molecule has 0 radical (unpaired) electrons. The van der Waals surface area contributed by atoms with Crippen LogP contribution in [-0.2, 0) is 28.5 Å². The summed E-state index contributed by atoms with van der Waals surface area (Å²) in [6, 6.07) is 5.51. The van der Waals surface area contributed by atoms with Gasteiger partial charge in [-0.2, -0.15) is 0 Å². The maximum absolute atomic E-state index is 12.2. The van der Waals surface area contributed by atoms with E-state index in [1.165, 1.54) is 31.2 Å². The molecule has 0 unspecified atom stereocenters. The van der Waals surface area contributed by atoms with E-state index in [0.717, 1.165) is 5.01 Å². The van der Waals surface area contributed by atoms with Gasteiger partial charge in [0.25, 0.3) is 5.69 Å². The van der Waals surface area contributed by atoms with E-state index in [1.54, 1.807) is 27.7 Å². The van der Waals surface area contributed by atoms with Gasteiger partial charge in [-0.3, -0.25) is 14.9 Å². The van der Waals surface area contributed by atoms with Crippen molar-refractivity contribution in [3.63, 3.8) is 0 Å². The predicted molar refractivity (Wildman–Crippen MR) is 108 cm³/mol. The second-order valence-corrected chi connectivity index (χ2v) is 8.77. The molecule has 3 aliphatic rings. The number of nitro benzene ring substituents is 1. The van der Waals surface area contributed by atoms with Crippen LogP contribution >= 0.6 is 0 Å². The number of ether oxygens (including phenoxy) is 5. The lowest BCUT2D eigenvalue weighted by molar-refractivity contribution is -0.384. The average Bonchev–Trinajstić information content (AvgIpc) is 3.19. The second kappa shape index (κ2) is 8.12. The molecule has 3 saturated heterocycles. The van der Waals surface area contributed by atoms with Crippen LogP contribution in [0, 0.1) is 10.1 Å². The summed E-state index contributed by atoms with van der Waals surface area (Å²) in [5.74, 6) is -2.07. The highest BCUT2D eigenvalue weighted by Crippen LogP contribution is 2.44. The Kier molecular flexibility index (Phi) is 5.75. The Morgan fingerprint density at radius 3 is 2.25 bits per heavy atom. The molecule has 174 valence electrons. The lowest BCUT2D eigenvalue weighted by Crippen LogP contribution is -2.57. The van der Waals surface area contributed by atoms with Crippen LogP contribution in [0.1, 0.15) is 34.6 Å². The van der Waals surface area contributed by atoms with Crippen molar-refractivity contribution in [2.75, 3.05) is 6.54 Å². The van der Waals surface area contributed by atoms with Crippen molar-refractivity contribution < 1.29 is 33.4 Å². The van der Waals surface area contributed by atoms with Gasteiger partial charge in [0, 0.05) is 19.1 Å². The quantitative estimate of drug-likeness (QED) is 0.380. The minimum absolute atomic E-state index is 0.0411. The summed E-state index contributed by atoms with van der Waals surface area (Å²) < 4.78 is 30.1. The molecule has 0 bridgehead atoms. The number of rotatable bonds is 5. The van der Waals surface area contributed by atoms with Crippen LogP contribution < -0.4 is 0 Å². The van der Waals surface area contributed by atoms with Crippen LogP contribution in [0.3, 0.4) is 0 Å². The van der Waals surface area contributed by atoms with E-state index in [9.17, 15) is 14.9 Å². The first kappa shape index (κ1) is 22.7. The summed E-state index contributed by atoms with van der Waals surface area (Å²) in [7, 11) is 0. The van der Waals surface area contributed by atoms with Crippen molar-refractivity contribution in [3.8, 4) is 0 Å². The van der Waals surface area contributed by atoms with Gasteiger partial charge in [0.1, 0.15) is 24.4 Å². The van der Waals surface area contributed by atoms with E-state index < -0.39 is 47.2 Å². The number of benzene rings is 1. The zero-order chi connectivity index (χ0) is 23.3. The number of fused-ring (bicyclic) bond motifs is 3. The molecule has 3 fully saturated rings. The van der Waals surface area contributed by atoms with E-state index in [-0.39, 0.29) is 18.1 Å². The molecule has 1 aromatic carbocycles. The fraction of sp³-hybridized carbons (Fsp3) is 0.650. The molecule has 32 heavy (non-hydrogen) atoms. The maximum Gasteiger partial charge on any atom is 0.269 e. The van der Waals surface area contributed by atoms with Gasteiger partial charge in [-0.25, -0.2) is 5.01 Å². The van der Waals surface area contributed by atoms with Crippen molar-refractivity contribution in [1.82, 2.24) is 5.01 Å². The molecule has 0 spiro atoms. The fourth-order valence-electron chi connectivity index (χ4n) is 3.99. The van der Waals surface area contributed by atoms with Gasteiger partial charge < -0.3 is 23.7 Å². The van der Waals surface area contributed by atoms with Crippen LogP contribution in [0.5, 0.6) is 0 Å². The first-order chi connectivity index (χ1) is 14.9. The predicted octanol–water partition coefficient (Wildman–Crippen LogP) is 2.84. The first-order valence-corrected chi connectivity index (χ1v) is 10.2. The van der Waals surface area contributed by atoms with Crippen LogP contribution in [0.2, 0.25) is 0 Å². The van der Waals surface area contributed by atoms with E-state index in [0.29, 0.717) is 5.69 Å². The lowest BCUT2D eigenvalue weighted by Gasteiger charge is -2.38. The first-order valence-electron chi connectivity index (χ1n) is 10.2. The number of hydrogen-bond acceptors (Lipinski definition) is 10. The van der Waals surface area contributed by atoms with Crippen molar-refractivity contribution in [3.05, 3.63) is 34.4 Å². The molecule has 0 aliphatic carbocycles. The van der Waals surface area contributed by atoms with E-state index in [1.807, 2.05) is 0 Å². The summed E-state index contributed by atoms with van der Waals surface area (Å²) in [4.78, 5) is 22.5. The van der Waals surface area contributed by atoms with Gasteiger partial charge >= 0.3 is 0 Å². The summed E-state index contributed by atoms with van der Waals surface area (Å²) >= 11 is 0. The van der Waals surface area contributed by atoms with Crippen molar-refractivity contribution >= 4 is 17.3 Å². The Hall–Kier alpha value is -2.51. The summed E-state index contributed by atoms with van der Waals surface area (Å²) in [6.07, 6.45) is -2.73. The molecular weight excluding hydrogens is 424 g/mol. The molecule has 3 aliphatic heterocycles. The molecule has 1 amide bonds. The number of carbonyl (C=O) groups excluding carboxylic acids is 1. The van der Waals surface area contributed by atoms with E-state index >= 15 is 0 Å². The molecule has 5 atom stereocenters. The molecule has 12 heteroatoms. The van der Waals surface area contributed by atoms with Gasteiger partial charge in [0.15, 0.2) is 17.9 Å². The third kappa shape index (κ3) is 4.64. The summed E-state index contributed by atoms with van der Waals surface area (Å²) in [5.41, 5.74) is 0.298. The second-order valence-electron chi connectivity index (χ2n) is 8.77. The zero-order valence-corrected chi connectivity index (χ0v) is 18.5. The van der Waals surface area contributed by atoms with Crippen LogP contribution in [-0.4, -0.2) is 64.7 Å². The highest BCUT2D eigenvalue weighted by molar-refractivity contribution is 5.72. The molecule has 0 N–H and O–H groups in total. The Balaban J connectivity index is 1.52. The number of nitrogens with zero attached hydrogens (tertiary/aromatic N) is 4. The Labute approximate surface area is 184 Å². The minimum Gasteiger partial charge on any atom is -0.342 e. The largest absolute Gasteiger partial charge is 0.342 e. The number of hydrogen-bond donors (Lipinski definition) is 0. The van der Waals surface area contributed by atoms with Crippen LogP contribution in [0.4, 0.5) is 11.4 Å². The smallest absolute Gasteiger partial charge is 0.269 e. The maximum atomic E-state index is 12.2.